The van der Waals surface area contributed by atoms with Crippen LogP contribution in [0.5, 0.6) is 5.75 Å². The number of pyridine rings is 1. The Hall–Kier alpha value is -2.89. The minimum absolute atomic E-state index is 0.101. The molecule has 0 fully saturated rings. The molecule has 0 aliphatic carbocycles. The number of hydrogen-bond acceptors (Lipinski definition) is 3. The second-order valence-electron chi connectivity index (χ2n) is 7.11. The van der Waals surface area contributed by atoms with Gasteiger partial charge in [0.1, 0.15) is 18.2 Å². The van der Waals surface area contributed by atoms with Crippen molar-refractivity contribution >= 4 is 11.4 Å². The van der Waals surface area contributed by atoms with Gasteiger partial charge in [0.05, 0.1) is 30.0 Å². The molecule has 2 heterocycles. The Kier molecular flexibility index (Phi) is 4.93. The van der Waals surface area contributed by atoms with Gasteiger partial charge in [-0.25, -0.2) is 8.91 Å². The highest BCUT2D eigenvalue weighted by atomic mass is 19.1. The number of hydrogen-bond donors (Lipinski definition) is 1. The Balaban J connectivity index is 1.52. The third-order valence-electron chi connectivity index (χ3n) is 4.10. The zero-order valence-corrected chi connectivity index (χ0v) is 15.1. The van der Waals surface area contributed by atoms with Crippen LogP contribution in [0.4, 0.5) is 4.39 Å². The van der Waals surface area contributed by atoms with Gasteiger partial charge in [-0.05, 0) is 35.2 Å². The average molecular weight is 355 g/mol. The largest absolute Gasteiger partial charge is 0.492 e. The molecule has 0 radical (unpaired) electrons. The van der Waals surface area contributed by atoms with Gasteiger partial charge in [-0.15, -0.1) is 0 Å². The summed E-state index contributed by atoms with van der Waals surface area (Å²) in [5.41, 5.74) is 2.30. The van der Waals surface area contributed by atoms with Crippen LogP contribution in [-0.4, -0.2) is 28.7 Å². The van der Waals surface area contributed by atoms with Crippen LogP contribution in [0, 0.1) is 5.82 Å². The number of amides is 1. The fourth-order valence-corrected chi connectivity index (χ4v) is 2.61. The third-order valence-corrected chi connectivity index (χ3v) is 4.10. The van der Waals surface area contributed by atoms with Crippen LogP contribution >= 0.6 is 0 Å². The third kappa shape index (κ3) is 4.02. The number of fused-ring (bicyclic) bond motifs is 1. The van der Waals surface area contributed by atoms with Gasteiger partial charge in [-0.3, -0.25) is 4.79 Å². The van der Waals surface area contributed by atoms with Crippen LogP contribution in [0.3, 0.4) is 0 Å². The molecule has 3 rings (SSSR count). The van der Waals surface area contributed by atoms with Crippen LogP contribution in [-0.2, 0) is 5.41 Å². The predicted molar refractivity (Wildman–Crippen MR) is 98.1 cm³/mol. The fourth-order valence-electron chi connectivity index (χ4n) is 2.61. The number of halogens is 1. The lowest BCUT2D eigenvalue weighted by molar-refractivity contribution is 0.0948. The van der Waals surface area contributed by atoms with Crippen molar-refractivity contribution in [2.45, 2.75) is 26.2 Å². The van der Waals surface area contributed by atoms with Gasteiger partial charge in [-0.1, -0.05) is 32.9 Å². The molecule has 0 saturated heterocycles. The van der Waals surface area contributed by atoms with Crippen molar-refractivity contribution in [1.82, 2.24) is 14.9 Å². The van der Waals surface area contributed by atoms with Crippen molar-refractivity contribution in [3.8, 4) is 5.75 Å². The number of carbonyl (C=O) groups excluding carboxylic acids is 1. The van der Waals surface area contributed by atoms with Crippen molar-refractivity contribution in [2.24, 2.45) is 0 Å². The van der Waals surface area contributed by atoms with Gasteiger partial charge in [0, 0.05) is 0 Å². The van der Waals surface area contributed by atoms with Gasteiger partial charge >= 0.3 is 0 Å². The Morgan fingerprint density at radius 1 is 1.19 bits per heavy atom. The normalized spacial score (nSPS) is 11.5. The van der Waals surface area contributed by atoms with E-state index in [1.165, 1.54) is 34.6 Å². The fraction of sp³-hybridized carbons (Fsp3) is 0.300. The summed E-state index contributed by atoms with van der Waals surface area (Å²) >= 11 is 0. The lowest BCUT2D eigenvalue weighted by Gasteiger charge is -2.19. The molecule has 0 aliphatic heterocycles. The van der Waals surface area contributed by atoms with Crippen molar-refractivity contribution < 1.29 is 13.9 Å². The Morgan fingerprint density at radius 2 is 1.92 bits per heavy atom. The number of rotatable bonds is 5. The molecule has 3 aromatic rings. The van der Waals surface area contributed by atoms with E-state index >= 15 is 0 Å². The zero-order chi connectivity index (χ0) is 18.7. The van der Waals surface area contributed by atoms with Crippen LogP contribution < -0.4 is 10.1 Å². The van der Waals surface area contributed by atoms with E-state index < -0.39 is 5.82 Å². The maximum Gasteiger partial charge on any atom is 0.255 e. The summed E-state index contributed by atoms with van der Waals surface area (Å²) in [6.07, 6.45) is 2.66. The summed E-state index contributed by atoms with van der Waals surface area (Å²) in [5.74, 6) is 0.0930. The molecule has 1 amide bonds. The molecule has 0 bridgehead atoms. The van der Waals surface area contributed by atoms with Gasteiger partial charge in [-0.2, -0.15) is 5.10 Å². The maximum atomic E-state index is 13.2. The molecule has 0 unspecified atom stereocenters. The molecular formula is C20H22FN3O2. The number of carbonyl (C=O) groups is 1. The quantitative estimate of drug-likeness (QED) is 0.712. The summed E-state index contributed by atoms with van der Waals surface area (Å²) in [6.45, 7) is 7.19. The van der Waals surface area contributed by atoms with E-state index in [2.05, 4.69) is 31.2 Å². The number of benzene rings is 1. The number of nitrogens with one attached hydrogen (secondary N) is 1. The molecule has 5 nitrogen and oxygen atoms in total. The monoisotopic (exact) mass is 355 g/mol. The van der Waals surface area contributed by atoms with Gasteiger partial charge in [0.25, 0.3) is 5.91 Å². The summed E-state index contributed by atoms with van der Waals surface area (Å²) in [4.78, 5) is 12.3. The second-order valence-corrected chi connectivity index (χ2v) is 7.11. The van der Waals surface area contributed by atoms with Crippen molar-refractivity contribution in [3.63, 3.8) is 0 Å². The van der Waals surface area contributed by atoms with Crippen LogP contribution in [0.1, 0.15) is 36.7 Å². The summed E-state index contributed by atoms with van der Waals surface area (Å²) in [6, 6.07) is 10.8. The molecule has 0 aliphatic rings. The lowest BCUT2D eigenvalue weighted by Crippen LogP contribution is -2.28. The maximum absolute atomic E-state index is 13.2. The van der Waals surface area contributed by atoms with Gasteiger partial charge in [0.2, 0.25) is 0 Å². The molecule has 0 atom stereocenters. The van der Waals surface area contributed by atoms with Crippen LogP contribution in [0.2, 0.25) is 0 Å². The molecule has 6 heteroatoms. The SMILES string of the molecule is CC(C)(C)c1ccc(OCCNC(=O)c2cnn3cc(F)ccc23)cc1. The van der Waals surface area contributed by atoms with E-state index in [-0.39, 0.29) is 11.3 Å². The molecule has 136 valence electrons. The minimum atomic E-state index is -0.404. The Labute approximate surface area is 151 Å². The summed E-state index contributed by atoms with van der Waals surface area (Å²) in [7, 11) is 0. The van der Waals surface area contributed by atoms with Crippen molar-refractivity contribution in [2.75, 3.05) is 13.2 Å². The molecule has 0 spiro atoms. The molecule has 1 N–H and O–H groups in total. The van der Waals surface area contributed by atoms with E-state index in [0.29, 0.717) is 24.2 Å². The summed E-state index contributed by atoms with van der Waals surface area (Å²) < 4.78 is 20.2. The number of ether oxygens (including phenoxy) is 1. The van der Waals surface area contributed by atoms with E-state index in [9.17, 15) is 9.18 Å². The molecule has 1 aromatic carbocycles. The van der Waals surface area contributed by atoms with Gasteiger partial charge in [0.15, 0.2) is 0 Å². The first kappa shape index (κ1) is 17.9. The first-order valence-corrected chi connectivity index (χ1v) is 8.49. The highest BCUT2D eigenvalue weighted by Gasteiger charge is 2.14. The number of aromatic nitrogens is 2. The highest BCUT2D eigenvalue weighted by Crippen LogP contribution is 2.24. The summed E-state index contributed by atoms with van der Waals surface area (Å²) in [5, 5.41) is 6.78. The van der Waals surface area contributed by atoms with E-state index in [1.807, 2.05) is 24.3 Å². The van der Waals surface area contributed by atoms with E-state index in [1.54, 1.807) is 0 Å². The smallest absolute Gasteiger partial charge is 0.255 e. The first-order chi connectivity index (χ1) is 12.3. The lowest BCUT2D eigenvalue weighted by atomic mass is 9.87. The van der Waals surface area contributed by atoms with E-state index in [4.69, 9.17) is 4.74 Å². The second kappa shape index (κ2) is 7.15. The molecular weight excluding hydrogens is 333 g/mol. The van der Waals surface area contributed by atoms with E-state index in [0.717, 1.165) is 5.75 Å². The first-order valence-electron chi connectivity index (χ1n) is 8.49. The standard InChI is InChI=1S/C20H22FN3O2/c1-20(2,3)14-4-7-16(8-5-14)26-11-10-22-19(25)17-12-23-24-13-15(21)6-9-18(17)24/h4-9,12-13H,10-11H2,1-3H3,(H,22,25). The topological polar surface area (TPSA) is 55.6 Å². The zero-order valence-electron chi connectivity index (χ0n) is 15.1. The van der Waals surface area contributed by atoms with Crippen LogP contribution in [0.25, 0.3) is 5.52 Å². The van der Waals surface area contributed by atoms with Gasteiger partial charge < -0.3 is 10.1 Å². The van der Waals surface area contributed by atoms with Crippen molar-refractivity contribution in [3.05, 3.63) is 65.7 Å². The van der Waals surface area contributed by atoms with Crippen LogP contribution in [0.15, 0.2) is 48.8 Å². The molecule has 0 saturated carbocycles. The number of nitrogens with zero attached hydrogens (tertiary/aromatic N) is 2. The Bertz CT molecular complexity index is 911. The van der Waals surface area contributed by atoms with Crippen molar-refractivity contribution in [1.29, 1.82) is 0 Å². The Morgan fingerprint density at radius 3 is 2.62 bits per heavy atom. The average Bonchev–Trinajstić information content (AvgIpc) is 3.01. The molecule has 26 heavy (non-hydrogen) atoms. The molecule has 2 aromatic heterocycles. The highest BCUT2D eigenvalue weighted by molar-refractivity contribution is 6.00. The predicted octanol–water partition coefficient (Wildman–Crippen LogP) is 3.58. The minimum Gasteiger partial charge on any atom is -0.492 e.